The molecule has 1 fully saturated rings. The van der Waals surface area contributed by atoms with E-state index in [0.717, 1.165) is 43.6 Å². The van der Waals surface area contributed by atoms with Crippen molar-refractivity contribution in [1.29, 1.82) is 0 Å². The Morgan fingerprint density at radius 2 is 1.80 bits per heavy atom. The van der Waals surface area contributed by atoms with Crippen LogP contribution < -0.4 is 0 Å². The molecule has 1 aromatic carbocycles. The first-order valence-electron chi connectivity index (χ1n) is 7.22. The summed E-state index contributed by atoms with van der Waals surface area (Å²) < 4.78 is 27.4. The van der Waals surface area contributed by atoms with Crippen LogP contribution in [0.5, 0.6) is 0 Å². The van der Waals surface area contributed by atoms with Crippen molar-refractivity contribution < 1.29 is 8.78 Å². The van der Waals surface area contributed by atoms with Crippen LogP contribution in [0.3, 0.4) is 0 Å². The van der Waals surface area contributed by atoms with Crippen LogP contribution >= 0.6 is 0 Å². The number of halogens is 2. The highest BCUT2D eigenvalue weighted by molar-refractivity contribution is 5.38. The Morgan fingerprint density at radius 3 is 2.30 bits per heavy atom. The van der Waals surface area contributed by atoms with Gasteiger partial charge in [0.05, 0.1) is 5.56 Å². The van der Waals surface area contributed by atoms with Gasteiger partial charge in [0.15, 0.2) is 0 Å². The molecule has 0 bridgehead atoms. The summed E-state index contributed by atoms with van der Waals surface area (Å²) in [6, 6.07) is 2.82. The average Bonchev–Trinajstić information content (AvgIpc) is 2.45. The maximum absolute atomic E-state index is 13.7. The van der Waals surface area contributed by atoms with E-state index in [-0.39, 0.29) is 11.5 Å². The molecule has 20 heavy (non-hydrogen) atoms. The molecule has 1 aliphatic carbocycles. The number of benzene rings is 1. The van der Waals surface area contributed by atoms with Crippen molar-refractivity contribution in [2.24, 2.45) is 5.92 Å². The number of allylic oxidation sites excluding steroid dienone is 1. The minimum Gasteiger partial charge on any atom is -0.206 e. The third-order valence-electron chi connectivity index (χ3n) is 4.31. The quantitative estimate of drug-likeness (QED) is 0.524. The second-order valence-corrected chi connectivity index (χ2v) is 5.59. The molecule has 0 radical (unpaired) electrons. The summed E-state index contributed by atoms with van der Waals surface area (Å²) in [7, 11) is 0. The molecule has 0 aliphatic heterocycles. The predicted molar refractivity (Wildman–Crippen MR) is 78.4 cm³/mol. The van der Waals surface area contributed by atoms with Gasteiger partial charge in [-0.25, -0.2) is 8.78 Å². The van der Waals surface area contributed by atoms with Gasteiger partial charge in [-0.05, 0) is 68.1 Å². The van der Waals surface area contributed by atoms with E-state index < -0.39 is 11.6 Å². The van der Waals surface area contributed by atoms with Crippen molar-refractivity contribution in [2.75, 3.05) is 0 Å². The highest BCUT2D eigenvalue weighted by Gasteiger charge is 2.23. The van der Waals surface area contributed by atoms with Crippen molar-refractivity contribution in [2.45, 2.75) is 44.4 Å². The Labute approximate surface area is 119 Å². The molecule has 0 aromatic heterocycles. The van der Waals surface area contributed by atoms with Crippen LogP contribution in [-0.2, 0) is 0 Å². The van der Waals surface area contributed by atoms with Gasteiger partial charge >= 0.3 is 0 Å². The Kier molecular flexibility index (Phi) is 4.95. The number of rotatable bonds is 4. The number of terminal acetylenes is 1. The molecule has 1 aliphatic rings. The zero-order chi connectivity index (χ0) is 14.5. The summed E-state index contributed by atoms with van der Waals surface area (Å²) in [5.41, 5.74) is 0.495. The van der Waals surface area contributed by atoms with Crippen LogP contribution in [0, 0.1) is 29.9 Å². The monoisotopic (exact) mass is 274 g/mol. The molecule has 0 amide bonds. The van der Waals surface area contributed by atoms with Crippen LogP contribution in [0.1, 0.15) is 55.6 Å². The van der Waals surface area contributed by atoms with E-state index in [1.54, 1.807) is 0 Å². The van der Waals surface area contributed by atoms with Gasteiger partial charge in [-0.2, -0.15) is 0 Å². The third kappa shape index (κ3) is 3.28. The van der Waals surface area contributed by atoms with E-state index in [9.17, 15) is 8.78 Å². The van der Waals surface area contributed by atoms with Crippen molar-refractivity contribution in [3.8, 4) is 12.3 Å². The Hall–Kier alpha value is -1.62. The van der Waals surface area contributed by atoms with Gasteiger partial charge in [0.2, 0.25) is 0 Å². The predicted octanol–water partition coefficient (Wildman–Crippen LogP) is 5.19. The zero-order valence-corrected chi connectivity index (χ0v) is 11.7. The van der Waals surface area contributed by atoms with Gasteiger partial charge in [-0.15, -0.1) is 13.0 Å². The molecular formula is C18H20F2. The van der Waals surface area contributed by atoms with Gasteiger partial charge in [0, 0.05) is 0 Å². The lowest BCUT2D eigenvalue weighted by atomic mass is 9.77. The zero-order valence-electron chi connectivity index (χ0n) is 11.7. The van der Waals surface area contributed by atoms with Gasteiger partial charge in [0.25, 0.3) is 0 Å². The lowest BCUT2D eigenvalue weighted by Gasteiger charge is -2.28. The number of hydrogen-bond donors (Lipinski definition) is 0. The van der Waals surface area contributed by atoms with Crippen molar-refractivity contribution in [1.82, 2.24) is 0 Å². The lowest BCUT2D eigenvalue weighted by Crippen LogP contribution is -2.14. The summed E-state index contributed by atoms with van der Waals surface area (Å²) in [5.74, 6) is 1.82. The van der Waals surface area contributed by atoms with Crippen molar-refractivity contribution in [3.05, 3.63) is 47.5 Å². The number of hydrogen-bond acceptors (Lipinski definition) is 0. The average molecular weight is 274 g/mol. The van der Waals surface area contributed by atoms with Crippen LogP contribution in [0.2, 0.25) is 0 Å². The molecule has 0 nitrogen and oxygen atoms in total. The maximum atomic E-state index is 13.7. The van der Waals surface area contributed by atoms with E-state index in [1.807, 2.05) is 6.08 Å². The topological polar surface area (TPSA) is 0 Å². The molecule has 106 valence electrons. The molecule has 0 unspecified atom stereocenters. The van der Waals surface area contributed by atoms with Crippen molar-refractivity contribution in [3.63, 3.8) is 0 Å². The van der Waals surface area contributed by atoms with E-state index in [2.05, 4.69) is 12.5 Å². The molecule has 1 saturated carbocycles. The molecule has 2 heteroatoms. The first-order chi connectivity index (χ1) is 9.65. The minimum absolute atomic E-state index is 0.255. The highest BCUT2D eigenvalue weighted by atomic mass is 19.1. The van der Waals surface area contributed by atoms with E-state index >= 15 is 0 Å². The smallest absolute Gasteiger partial charge is 0.142 e. The molecule has 0 N–H and O–H groups in total. The van der Waals surface area contributed by atoms with Crippen LogP contribution in [0.15, 0.2) is 24.8 Å². The summed E-state index contributed by atoms with van der Waals surface area (Å²) >= 11 is 0. The Morgan fingerprint density at radius 1 is 1.20 bits per heavy atom. The minimum atomic E-state index is -0.615. The van der Waals surface area contributed by atoms with Gasteiger partial charge in [-0.3, -0.25) is 0 Å². The Bertz CT molecular complexity index is 494. The van der Waals surface area contributed by atoms with Crippen LogP contribution in [0.4, 0.5) is 8.78 Å². The third-order valence-corrected chi connectivity index (χ3v) is 4.31. The van der Waals surface area contributed by atoms with Gasteiger partial charge < -0.3 is 0 Å². The fourth-order valence-corrected chi connectivity index (χ4v) is 3.10. The fraction of sp³-hybridized carbons (Fsp3) is 0.444. The normalized spacial score (nSPS) is 22.2. The lowest BCUT2D eigenvalue weighted by molar-refractivity contribution is 0.311. The summed E-state index contributed by atoms with van der Waals surface area (Å²) in [6.45, 7) is 3.74. The van der Waals surface area contributed by atoms with Crippen molar-refractivity contribution >= 4 is 0 Å². The SMILES string of the molecule is C#Cc1c(F)cc(C2CCC(CCC=C)CC2)cc1F. The molecule has 2 rings (SSSR count). The highest BCUT2D eigenvalue weighted by Crippen LogP contribution is 2.38. The van der Waals surface area contributed by atoms with E-state index in [1.165, 1.54) is 18.6 Å². The van der Waals surface area contributed by atoms with Gasteiger partial charge in [-0.1, -0.05) is 12.0 Å². The fourth-order valence-electron chi connectivity index (χ4n) is 3.10. The first kappa shape index (κ1) is 14.8. The second-order valence-electron chi connectivity index (χ2n) is 5.59. The summed E-state index contributed by atoms with van der Waals surface area (Å²) in [6.07, 6.45) is 13.5. The molecule has 0 spiro atoms. The molecule has 1 aromatic rings. The maximum Gasteiger partial charge on any atom is 0.142 e. The largest absolute Gasteiger partial charge is 0.206 e. The van der Waals surface area contributed by atoms with Crippen LogP contribution in [-0.4, -0.2) is 0 Å². The summed E-state index contributed by atoms with van der Waals surface area (Å²) in [4.78, 5) is 0. The first-order valence-corrected chi connectivity index (χ1v) is 7.22. The second kappa shape index (κ2) is 6.70. The van der Waals surface area contributed by atoms with Gasteiger partial charge in [0.1, 0.15) is 11.6 Å². The molecule has 0 heterocycles. The van der Waals surface area contributed by atoms with Crippen LogP contribution in [0.25, 0.3) is 0 Å². The van der Waals surface area contributed by atoms with E-state index in [4.69, 9.17) is 6.42 Å². The van der Waals surface area contributed by atoms with E-state index in [0.29, 0.717) is 0 Å². The Balaban J connectivity index is 2.04. The molecule has 0 saturated heterocycles. The summed E-state index contributed by atoms with van der Waals surface area (Å²) in [5, 5.41) is 0. The molecule has 0 atom stereocenters. The molecular weight excluding hydrogens is 254 g/mol. The standard InChI is InChI=1S/C18H20F2/c1-3-5-6-13-7-9-14(10-8-13)15-11-17(19)16(4-2)18(20)12-15/h2-3,11-14H,1,5-10H2.